The van der Waals surface area contributed by atoms with Gasteiger partial charge in [0.25, 0.3) is 0 Å². The molecule has 0 unspecified atom stereocenters. The van der Waals surface area contributed by atoms with E-state index in [0.717, 1.165) is 11.4 Å². The number of rotatable bonds is 4. The van der Waals surface area contributed by atoms with Gasteiger partial charge in [-0.25, -0.2) is 0 Å². The first-order valence-electron chi connectivity index (χ1n) is 7.07. The van der Waals surface area contributed by atoms with E-state index >= 15 is 0 Å². The number of anilines is 2. The summed E-state index contributed by atoms with van der Waals surface area (Å²) < 4.78 is 0. The number of benzene rings is 2. The molecule has 1 fully saturated rings. The van der Waals surface area contributed by atoms with Crippen LogP contribution in [0.4, 0.5) is 11.4 Å². The zero-order valence-electron chi connectivity index (χ0n) is 12.0. The second kappa shape index (κ2) is 5.85. The summed E-state index contributed by atoms with van der Waals surface area (Å²) in [4.78, 5) is 24.4. The molecule has 0 aliphatic heterocycles. The molecule has 22 heavy (non-hydrogen) atoms. The monoisotopic (exact) mass is 292 g/mol. The van der Waals surface area contributed by atoms with Crippen molar-refractivity contribution >= 4 is 23.2 Å². The summed E-state index contributed by atoms with van der Waals surface area (Å²) in [6.45, 7) is 3.83. The second-order valence-electron chi connectivity index (χ2n) is 5.24. The molecule has 0 aromatic heterocycles. The van der Waals surface area contributed by atoms with Gasteiger partial charge in [0.1, 0.15) is 0 Å². The highest BCUT2D eigenvalue weighted by Gasteiger charge is 2.52. The second-order valence-corrected chi connectivity index (χ2v) is 5.24. The van der Waals surface area contributed by atoms with Crippen LogP contribution in [-0.4, -0.2) is 11.8 Å². The molecule has 2 amide bonds. The van der Waals surface area contributed by atoms with Crippen molar-refractivity contribution < 1.29 is 9.59 Å². The fraction of sp³-hybridized carbons (Fsp3) is 0.111. The lowest BCUT2D eigenvalue weighted by Crippen LogP contribution is -2.20. The maximum Gasteiger partial charge on any atom is 0.232 e. The number of carbonyl (C=O) groups excluding carboxylic acids is 2. The molecule has 3 rings (SSSR count). The van der Waals surface area contributed by atoms with Crippen LogP contribution in [0.15, 0.2) is 72.8 Å². The van der Waals surface area contributed by atoms with Crippen molar-refractivity contribution in [2.24, 2.45) is 11.8 Å². The van der Waals surface area contributed by atoms with Gasteiger partial charge in [-0.15, -0.1) is 0 Å². The van der Waals surface area contributed by atoms with Crippen molar-refractivity contribution in [1.29, 1.82) is 0 Å². The van der Waals surface area contributed by atoms with Crippen LogP contribution in [0.1, 0.15) is 0 Å². The van der Waals surface area contributed by atoms with Crippen LogP contribution in [0.5, 0.6) is 0 Å². The Kier molecular flexibility index (Phi) is 3.74. The van der Waals surface area contributed by atoms with E-state index < -0.39 is 11.8 Å². The van der Waals surface area contributed by atoms with E-state index in [1.54, 1.807) is 0 Å². The van der Waals surface area contributed by atoms with Crippen molar-refractivity contribution in [3.8, 4) is 0 Å². The molecule has 110 valence electrons. The van der Waals surface area contributed by atoms with Gasteiger partial charge in [0.05, 0.1) is 11.8 Å². The van der Waals surface area contributed by atoms with E-state index in [4.69, 9.17) is 0 Å². The number of amides is 2. The summed E-state index contributed by atoms with van der Waals surface area (Å²) in [6, 6.07) is 18.4. The summed E-state index contributed by atoms with van der Waals surface area (Å²) in [5.41, 5.74) is 2.09. The van der Waals surface area contributed by atoms with Crippen LogP contribution in [0, 0.1) is 11.8 Å². The Morgan fingerprint density at radius 1 is 0.727 bits per heavy atom. The molecular formula is C18H16N2O2. The third-order valence-corrected chi connectivity index (χ3v) is 3.67. The van der Waals surface area contributed by atoms with E-state index in [2.05, 4.69) is 17.2 Å². The highest BCUT2D eigenvalue weighted by Crippen LogP contribution is 2.45. The molecule has 2 atom stereocenters. The molecule has 2 aromatic rings. The predicted molar refractivity (Wildman–Crippen MR) is 86.3 cm³/mol. The van der Waals surface area contributed by atoms with Crippen LogP contribution in [-0.2, 0) is 9.59 Å². The van der Waals surface area contributed by atoms with Crippen molar-refractivity contribution in [3.63, 3.8) is 0 Å². The van der Waals surface area contributed by atoms with E-state index in [1.807, 2.05) is 60.7 Å². The summed E-state index contributed by atoms with van der Waals surface area (Å²) in [7, 11) is 0. The molecule has 1 saturated carbocycles. The topological polar surface area (TPSA) is 58.2 Å². The molecule has 4 heteroatoms. The first kappa shape index (κ1) is 14.1. The maximum atomic E-state index is 12.2. The van der Waals surface area contributed by atoms with E-state index in [0.29, 0.717) is 5.57 Å². The standard InChI is InChI=1S/C18H16N2O2/c1-12-15(17(21)19-13-8-4-2-5-9-13)16(12)18(22)20-14-10-6-3-7-11-14/h2-11,15-16H,1H2,(H,19,21)(H,20,22)/t15-,16-/m0/s1. The lowest BCUT2D eigenvalue weighted by atomic mass is 10.2. The van der Waals surface area contributed by atoms with Gasteiger partial charge in [0, 0.05) is 11.4 Å². The molecule has 0 saturated heterocycles. The third kappa shape index (κ3) is 2.91. The summed E-state index contributed by atoms with van der Waals surface area (Å²) in [5.74, 6) is -1.29. The predicted octanol–water partition coefficient (Wildman–Crippen LogP) is 3.07. The minimum absolute atomic E-state index is 0.190. The summed E-state index contributed by atoms with van der Waals surface area (Å²) in [6.07, 6.45) is 0. The molecule has 0 bridgehead atoms. The van der Waals surface area contributed by atoms with Gasteiger partial charge in [-0.05, 0) is 24.3 Å². The average Bonchev–Trinajstić information content (AvgIpc) is 3.21. The van der Waals surface area contributed by atoms with Crippen LogP contribution in [0.2, 0.25) is 0 Å². The largest absolute Gasteiger partial charge is 0.326 e. The van der Waals surface area contributed by atoms with E-state index in [-0.39, 0.29) is 11.8 Å². The van der Waals surface area contributed by atoms with Crippen LogP contribution >= 0.6 is 0 Å². The van der Waals surface area contributed by atoms with E-state index in [9.17, 15) is 9.59 Å². The first-order chi connectivity index (χ1) is 10.7. The Hall–Kier alpha value is -2.88. The maximum absolute atomic E-state index is 12.2. The molecule has 2 N–H and O–H groups in total. The van der Waals surface area contributed by atoms with Crippen LogP contribution in [0.25, 0.3) is 0 Å². The highest BCUT2D eigenvalue weighted by molar-refractivity contribution is 6.08. The molecular weight excluding hydrogens is 276 g/mol. The average molecular weight is 292 g/mol. The Labute approximate surface area is 128 Å². The number of hydrogen-bond donors (Lipinski definition) is 2. The van der Waals surface area contributed by atoms with Crippen LogP contribution in [0.3, 0.4) is 0 Å². The number of hydrogen-bond acceptors (Lipinski definition) is 2. The van der Waals surface area contributed by atoms with Crippen molar-refractivity contribution in [3.05, 3.63) is 72.8 Å². The summed E-state index contributed by atoms with van der Waals surface area (Å²) >= 11 is 0. The Morgan fingerprint density at radius 3 is 1.45 bits per heavy atom. The SMILES string of the molecule is C=C1[C@H](C(=O)Nc2ccccc2)[C@H]1C(=O)Nc1ccccc1. The highest BCUT2D eigenvalue weighted by atomic mass is 16.2. The van der Waals surface area contributed by atoms with Crippen molar-refractivity contribution in [1.82, 2.24) is 0 Å². The van der Waals surface area contributed by atoms with Gasteiger partial charge < -0.3 is 10.6 Å². The van der Waals surface area contributed by atoms with Gasteiger partial charge in [-0.1, -0.05) is 48.6 Å². The number of nitrogens with one attached hydrogen (secondary N) is 2. The lowest BCUT2D eigenvalue weighted by molar-refractivity contribution is -0.122. The zero-order valence-corrected chi connectivity index (χ0v) is 12.0. The fourth-order valence-electron chi connectivity index (χ4n) is 2.44. The van der Waals surface area contributed by atoms with Crippen LogP contribution < -0.4 is 10.6 Å². The summed E-state index contributed by atoms with van der Waals surface area (Å²) in [5, 5.41) is 5.61. The molecule has 1 aliphatic carbocycles. The van der Waals surface area contributed by atoms with Crippen molar-refractivity contribution in [2.75, 3.05) is 10.6 Å². The first-order valence-corrected chi connectivity index (χ1v) is 7.07. The minimum atomic E-state index is -0.455. The molecule has 0 radical (unpaired) electrons. The molecule has 1 aliphatic rings. The Morgan fingerprint density at radius 2 is 1.09 bits per heavy atom. The van der Waals surface area contributed by atoms with Gasteiger partial charge in [-0.2, -0.15) is 0 Å². The Balaban J connectivity index is 1.61. The van der Waals surface area contributed by atoms with Gasteiger partial charge in [0.15, 0.2) is 0 Å². The molecule has 4 nitrogen and oxygen atoms in total. The molecule has 2 aromatic carbocycles. The van der Waals surface area contributed by atoms with Crippen molar-refractivity contribution in [2.45, 2.75) is 0 Å². The quantitative estimate of drug-likeness (QED) is 0.851. The smallest absolute Gasteiger partial charge is 0.232 e. The molecule has 0 heterocycles. The number of para-hydroxylation sites is 2. The van der Waals surface area contributed by atoms with Gasteiger partial charge in [0.2, 0.25) is 11.8 Å². The Bertz CT molecular complexity index is 649. The lowest BCUT2D eigenvalue weighted by Gasteiger charge is -2.05. The normalized spacial score (nSPS) is 19.4. The number of carbonyl (C=O) groups is 2. The van der Waals surface area contributed by atoms with Gasteiger partial charge >= 0.3 is 0 Å². The van der Waals surface area contributed by atoms with E-state index in [1.165, 1.54) is 0 Å². The van der Waals surface area contributed by atoms with Gasteiger partial charge in [-0.3, -0.25) is 9.59 Å². The third-order valence-electron chi connectivity index (χ3n) is 3.67. The fourth-order valence-corrected chi connectivity index (χ4v) is 2.44. The molecule has 0 spiro atoms. The minimum Gasteiger partial charge on any atom is -0.326 e. The zero-order chi connectivity index (χ0) is 15.5.